The zero-order valence-corrected chi connectivity index (χ0v) is 45.4. The molecule has 4 aromatic rings. The minimum absolute atomic E-state index is 0.00282. The smallest absolute Gasteiger partial charge is 0.341 e. The number of fused-ring (bicyclic) bond motifs is 6. The molecule has 0 fully saturated rings. The zero-order valence-electron chi connectivity index (χ0n) is 42.1. The maximum absolute atomic E-state index is 12.4. The number of ether oxygens (including phenoxy) is 3. The first-order chi connectivity index (χ1) is 35.5. The average molecular weight is 1130 g/mol. The van der Waals surface area contributed by atoms with Crippen LogP contribution in [0.15, 0.2) is 105 Å². The van der Waals surface area contributed by atoms with E-state index < -0.39 is 93.2 Å². The summed E-state index contributed by atoms with van der Waals surface area (Å²) in [5.74, 6) is -2.69. The Morgan fingerprint density at radius 3 is 1.89 bits per heavy atom. The highest BCUT2D eigenvalue weighted by Crippen LogP contribution is 2.54. The number of benzene rings is 4. The molecule has 1 unspecified atom stereocenters. The Labute approximate surface area is 442 Å². The molecule has 76 heavy (non-hydrogen) atoms. The van der Waals surface area contributed by atoms with Crippen molar-refractivity contribution in [2.45, 2.75) is 93.3 Å². The molecule has 0 spiro atoms. The van der Waals surface area contributed by atoms with Crippen molar-refractivity contribution in [2.24, 2.45) is 0 Å². The van der Waals surface area contributed by atoms with E-state index in [4.69, 9.17) is 18.4 Å². The summed E-state index contributed by atoms with van der Waals surface area (Å²) in [4.78, 5) is 24.5. The lowest BCUT2D eigenvalue weighted by molar-refractivity contribution is -0.438. The van der Waals surface area contributed by atoms with Crippen molar-refractivity contribution in [3.8, 4) is 11.5 Å². The van der Waals surface area contributed by atoms with E-state index in [0.717, 1.165) is 34.7 Å². The Bertz CT molecular complexity index is 3560. The molecule has 7 rings (SSSR count). The summed E-state index contributed by atoms with van der Waals surface area (Å²) in [5, 5.41) is 20.7. The van der Waals surface area contributed by atoms with E-state index in [2.05, 4.69) is 4.58 Å². The molecule has 0 aromatic heterocycles. The summed E-state index contributed by atoms with van der Waals surface area (Å²) < 4.78 is 147. The fraction of sp³-hybridized carbons (Fsp3) is 0.392. The van der Waals surface area contributed by atoms with Crippen molar-refractivity contribution in [1.29, 1.82) is 0 Å². The number of unbranched alkanes of at least 4 members (excludes halogenated alkanes) is 2. The maximum atomic E-state index is 12.4. The van der Waals surface area contributed by atoms with Crippen LogP contribution in [0.5, 0.6) is 11.5 Å². The quantitative estimate of drug-likeness (QED) is 0.0180. The number of rotatable bonds is 23. The van der Waals surface area contributed by atoms with Gasteiger partial charge in [0.1, 0.15) is 23.8 Å². The van der Waals surface area contributed by atoms with E-state index in [1.54, 1.807) is 31.4 Å². The van der Waals surface area contributed by atoms with Crippen LogP contribution in [0, 0.1) is 0 Å². The third kappa shape index (κ3) is 12.5. The number of nitrogens with zero attached hydrogens (tertiary/aromatic N) is 2. The van der Waals surface area contributed by atoms with Crippen molar-refractivity contribution in [1.82, 2.24) is 0 Å². The second-order valence-corrected chi connectivity index (χ2v) is 24.5. The highest BCUT2D eigenvalue weighted by Gasteiger charge is 2.47. The van der Waals surface area contributed by atoms with Crippen LogP contribution in [0.3, 0.4) is 0 Å². The van der Waals surface area contributed by atoms with Gasteiger partial charge in [0, 0.05) is 64.8 Å². The Morgan fingerprint density at radius 2 is 1.34 bits per heavy atom. The predicted octanol–water partition coefficient (Wildman–Crippen LogP) is 7.64. The molecular formula is C51H59N2O19S4+. The molecule has 0 amide bonds. The van der Waals surface area contributed by atoms with E-state index >= 15 is 0 Å². The van der Waals surface area contributed by atoms with Gasteiger partial charge in [0.15, 0.2) is 18.9 Å². The fourth-order valence-corrected chi connectivity index (χ4v) is 12.4. The number of carbonyl (C=O) groups is 2. The number of carboxylic acid groups (broad SMARTS) is 2. The van der Waals surface area contributed by atoms with Gasteiger partial charge in [-0.2, -0.15) is 34.0 Å². The summed E-state index contributed by atoms with van der Waals surface area (Å²) in [7, 11) is -12.2. The summed E-state index contributed by atoms with van der Waals surface area (Å²) in [6.45, 7) is 6.81. The standard InChI is InChI=1S/C51H58N2O19S4/c1-50(2)41(52(21-6-8-23-72-73(58)59)37-17-13-33-25-35(75(63,64)65)27-39(45(33)47(37)50)70-29-43(54)55)19-15-31-11-10-12-32(49(31)69-5)16-20-42-51(3,4)48-38(53(42)22-7-9-24-74(60,61)62)18-14-34-26-36(76(66,67)68)28-40(46(34)48)71-30-44(56)57/h13-20,25-28H,6-12,21-24,29-30H2,1-5H3,(H5-,54,55,56,57,58,59,60,61,62,63,64,65,66,67,68)/p+1. The number of hydrogen-bond acceptors (Lipinski definition) is 14. The summed E-state index contributed by atoms with van der Waals surface area (Å²) in [6.07, 6.45) is 11.0. The predicted molar refractivity (Wildman–Crippen MR) is 282 cm³/mol. The van der Waals surface area contributed by atoms with Crippen molar-refractivity contribution in [2.75, 3.05) is 50.7 Å². The van der Waals surface area contributed by atoms with Crippen LogP contribution < -0.4 is 14.4 Å². The van der Waals surface area contributed by atoms with Gasteiger partial charge in [-0.05, 0) is 116 Å². The van der Waals surface area contributed by atoms with Crippen LogP contribution in [0.2, 0.25) is 0 Å². The minimum atomic E-state index is -4.75. The first-order valence-corrected chi connectivity index (χ1v) is 29.4. The molecule has 0 radical (unpaired) electrons. The van der Waals surface area contributed by atoms with E-state index in [-0.39, 0.29) is 31.1 Å². The molecule has 410 valence electrons. The summed E-state index contributed by atoms with van der Waals surface area (Å²) >= 11 is -2.45. The van der Waals surface area contributed by atoms with Crippen LogP contribution in [0.25, 0.3) is 21.5 Å². The molecular weight excluding hydrogens is 1070 g/mol. The second-order valence-electron chi connectivity index (χ2n) is 19.4. The van der Waals surface area contributed by atoms with E-state index in [1.165, 1.54) is 12.1 Å². The van der Waals surface area contributed by atoms with Crippen molar-refractivity contribution in [3.05, 3.63) is 107 Å². The van der Waals surface area contributed by atoms with Crippen molar-refractivity contribution >= 4 is 92.3 Å². The summed E-state index contributed by atoms with van der Waals surface area (Å²) in [6, 6.07) is 11.5. The molecule has 1 aliphatic carbocycles. The molecule has 2 heterocycles. The van der Waals surface area contributed by atoms with Gasteiger partial charge in [-0.3, -0.25) is 22.4 Å². The second kappa shape index (κ2) is 22.5. The van der Waals surface area contributed by atoms with Crippen LogP contribution in [0.1, 0.15) is 83.8 Å². The van der Waals surface area contributed by atoms with Crippen molar-refractivity contribution < 1.29 is 90.4 Å². The Kier molecular flexibility index (Phi) is 17.1. The number of methoxy groups -OCH3 is 1. The Balaban J connectivity index is 1.34. The molecule has 6 N–H and O–H groups in total. The first kappa shape index (κ1) is 57.7. The third-order valence-corrected chi connectivity index (χ3v) is 16.5. The average Bonchev–Trinajstić information content (AvgIpc) is 3.68. The highest BCUT2D eigenvalue weighted by atomic mass is 32.2. The van der Waals surface area contributed by atoms with Gasteiger partial charge in [0.25, 0.3) is 30.4 Å². The highest BCUT2D eigenvalue weighted by molar-refractivity contribution is 7.86. The molecule has 3 aliphatic rings. The number of hydrogen-bond donors (Lipinski definition) is 6. The Hall–Kier alpha value is -6.03. The lowest BCUT2D eigenvalue weighted by atomic mass is 9.78. The van der Waals surface area contributed by atoms with Gasteiger partial charge in [-0.1, -0.05) is 26.0 Å². The zero-order chi connectivity index (χ0) is 55.7. The van der Waals surface area contributed by atoms with E-state index in [0.29, 0.717) is 94.9 Å². The molecule has 0 saturated heterocycles. The number of aliphatic carboxylic acids is 2. The largest absolute Gasteiger partial charge is 0.496 e. The number of carboxylic acids is 2. The van der Waals surface area contributed by atoms with Crippen LogP contribution >= 0.6 is 0 Å². The molecule has 25 heteroatoms. The SMILES string of the molecule is COC1=C(/C=C/C2=[N+](CCCCOS(=O)O)c3ccc4cc(S(=O)(=O)O)cc(OCC(=O)O)c4c3C2(C)C)CCC/C1=C\C=C1\N(CCCCS(=O)(=O)O)c2ccc3cc(S(=O)(=O)O)cc(OCC(=O)O)c3c2C1(C)C. The van der Waals surface area contributed by atoms with Crippen LogP contribution in [-0.2, 0) is 71.1 Å². The topological polar surface area (TPSA) is 318 Å². The number of allylic oxidation sites excluding steroid dienone is 7. The molecule has 4 aromatic carbocycles. The molecule has 0 bridgehead atoms. The fourth-order valence-electron chi connectivity index (χ4n) is 10.5. The van der Waals surface area contributed by atoms with Gasteiger partial charge in [-0.15, -0.1) is 0 Å². The van der Waals surface area contributed by atoms with Gasteiger partial charge in [0.2, 0.25) is 5.69 Å². The van der Waals surface area contributed by atoms with Gasteiger partial charge in [-0.25, -0.2) is 9.59 Å². The molecule has 1 atom stereocenters. The van der Waals surface area contributed by atoms with Gasteiger partial charge < -0.3 is 29.3 Å². The lowest BCUT2D eigenvalue weighted by Crippen LogP contribution is -2.28. The molecule has 21 nitrogen and oxygen atoms in total. The minimum Gasteiger partial charge on any atom is -0.496 e. The van der Waals surface area contributed by atoms with Crippen molar-refractivity contribution in [3.63, 3.8) is 0 Å². The van der Waals surface area contributed by atoms with Crippen LogP contribution in [-0.4, -0.2) is 126 Å². The van der Waals surface area contributed by atoms with Gasteiger partial charge >= 0.3 is 23.3 Å². The third-order valence-electron chi connectivity index (χ3n) is 13.6. The maximum Gasteiger partial charge on any atom is 0.341 e. The normalized spacial score (nSPS) is 18.0. The number of anilines is 1. The summed E-state index contributed by atoms with van der Waals surface area (Å²) in [5.41, 5.74) is 4.07. The molecule has 2 aliphatic heterocycles. The lowest BCUT2D eigenvalue weighted by Gasteiger charge is -2.28. The van der Waals surface area contributed by atoms with E-state index in [9.17, 15) is 67.5 Å². The Morgan fingerprint density at radius 1 is 0.750 bits per heavy atom. The van der Waals surface area contributed by atoms with E-state index in [1.807, 2.05) is 56.9 Å². The molecule has 0 saturated carbocycles. The first-order valence-electron chi connectivity index (χ1n) is 23.9. The van der Waals surface area contributed by atoms with Gasteiger partial charge in [0.05, 0.1) is 40.2 Å². The van der Waals surface area contributed by atoms with Crippen LogP contribution in [0.4, 0.5) is 11.4 Å². The monoisotopic (exact) mass is 1130 g/mol.